The van der Waals surface area contributed by atoms with E-state index in [0.29, 0.717) is 11.9 Å². The smallest absolute Gasteiger partial charge is 0.226 e. The predicted molar refractivity (Wildman–Crippen MR) is 76.8 cm³/mol. The van der Waals surface area contributed by atoms with Gasteiger partial charge < -0.3 is 10.0 Å². The summed E-state index contributed by atoms with van der Waals surface area (Å²) in [6.07, 6.45) is 8.76. The topological polar surface area (TPSA) is 40.5 Å². The highest BCUT2D eigenvalue weighted by Crippen LogP contribution is 2.42. The van der Waals surface area contributed by atoms with Crippen LogP contribution in [0.2, 0.25) is 0 Å². The molecule has 1 N–H and O–H groups in total. The van der Waals surface area contributed by atoms with Gasteiger partial charge in [-0.05, 0) is 43.9 Å². The van der Waals surface area contributed by atoms with Crippen molar-refractivity contribution < 1.29 is 9.90 Å². The van der Waals surface area contributed by atoms with Gasteiger partial charge in [0.15, 0.2) is 0 Å². The first-order chi connectivity index (χ1) is 9.06. The molecule has 2 aliphatic rings. The van der Waals surface area contributed by atoms with Crippen LogP contribution in [0.15, 0.2) is 0 Å². The van der Waals surface area contributed by atoms with Crippen LogP contribution in [-0.2, 0) is 4.79 Å². The van der Waals surface area contributed by atoms with E-state index in [1.807, 2.05) is 0 Å². The van der Waals surface area contributed by atoms with E-state index in [4.69, 9.17) is 5.11 Å². The van der Waals surface area contributed by atoms with Crippen molar-refractivity contribution in [3.63, 3.8) is 0 Å². The van der Waals surface area contributed by atoms with Crippen molar-refractivity contribution >= 4 is 5.91 Å². The molecule has 2 unspecified atom stereocenters. The minimum Gasteiger partial charge on any atom is -0.396 e. The predicted octanol–water partition coefficient (Wildman–Crippen LogP) is 2.97. The zero-order valence-electron chi connectivity index (χ0n) is 12.5. The molecular formula is C16H29NO2. The SMILES string of the molecule is CC1(C)CCCCC1C(=O)N1CCCC1CCCO. The largest absolute Gasteiger partial charge is 0.396 e. The molecule has 3 heteroatoms. The Labute approximate surface area is 117 Å². The van der Waals surface area contributed by atoms with Crippen molar-refractivity contribution in [3.05, 3.63) is 0 Å². The lowest BCUT2D eigenvalue weighted by Crippen LogP contribution is -2.45. The molecule has 3 nitrogen and oxygen atoms in total. The number of aliphatic hydroxyl groups is 1. The number of aliphatic hydroxyl groups excluding tert-OH is 1. The Bertz CT molecular complexity index is 314. The normalized spacial score (nSPS) is 30.6. The minimum atomic E-state index is 0.166. The lowest BCUT2D eigenvalue weighted by Gasteiger charge is -2.40. The Morgan fingerprint density at radius 2 is 2.05 bits per heavy atom. The van der Waals surface area contributed by atoms with Gasteiger partial charge in [0.25, 0.3) is 0 Å². The van der Waals surface area contributed by atoms with E-state index in [0.717, 1.165) is 38.6 Å². The maximum absolute atomic E-state index is 12.9. The molecular weight excluding hydrogens is 238 g/mol. The fraction of sp³-hybridized carbons (Fsp3) is 0.938. The molecule has 0 aromatic rings. The van der Waals surface area contributed by atoms with Crippen LogP contribution in [0.3, 0.4) is 0 Å². The number of nitrogens with zero attached hydrogens (tertiary/aromatic N) is 1. The minimum absolute atomic E-state index is 0.166. The van der Waals surface area contributed by atoms with Crippen LogP contribution < -0.4 is 0 Å². The summed E-state index contributed by atoms with van der Waals surface area (Å²) in [4.78, 5) is 15.0. The lowest BCUT2D eigenvalue weighted by molar-refractivity contribution is -0.142. The molecule has 0 radical (unpaired) electrons. The molecule has 110 valence electrons. The van der Waals surface area contributed by atoms with E-state index in [2.05, 4.69) is 18.7 Å². The molecule has 0 bridgehead atoms. The number of carbonyl (C=O) groups is 1. The second-order valence-corrected chi connectivity index (χ2v) is 6.98. The molecule has 0 spiro atoms. The van der Waals surface area contributed by atoms with Gasteiger partial charge in [0.05, 0.1) is 0 Å². The fourth-order valence-corrected chi connectivity index (χ4v) is 3.90. The van der Waals surface area contributed by atoms with Gasteiger partial charge in [0, 0.05) is 25.1 Å². The van der Waals surface area contributed by atoms with Crippen LogP contribution in [0.5, 0.6) is 0 Å². The van der Waals surface area contributed by atoms with Gasteiger partial charge in [0.1, 0.15) is 0 Å². The standard InChI is InChI=1S/C16H29NO2/c1-16(2)10-4-3-9-14(16)15(19)17-11-5-7-13(17)8-6-12-18/h13-14,18H,3-12H2,1-2H3. The third-order valence-corrected chi connectivity index (χ3v) is 5.16. The number of carbonyl (C=O) groups excluding carboxylic acids is 1. The first-order valence-electron chi connectivity index (χ1n) is 7.97. The van der Waals surface area contributed by atoms with Gasteiger partial charge in [-0.3, -0.25) is 4.79 Å². The van der Waals surface area contributed by atoms with Crippen LogP contribution in [0, 0.1) is 11.3 Å². The second kappa shape index (κ2) is 6.25. The zero-order valence-corrected chi connectivity index (χ0v) is 12.5. The van der Waals surface area contributed by atoms with Gasteiger partial charge >= 0.3 is 0 Å². The van der Waals surface area contributed by atoms with Gasteiger partial charge in [-0.15, -0.1) is 0 Å². The third kappa shape index (κ3) is 3.31. The maximum Gasteiger partial charge on any atom is 0.226 e. The van der Waals surface area contributed by atoms with Crippen LogP contribution in [0.4, 0.5) is 0 Å². The Hall–Kier alpha value is -0.570. The van der Waals surface area contributed by atoms with E-state index >= 15 is 0 Å². The molecule has 0 aromatic carbocycles. The van der Waals surface area contributed by atoms with Crippen LogP contribution in [-0.4, -0.2) is 35.1 Å². The Kier molecular flexibility index (Phi) is 4.88. The van der Waals surface area contributed by atoms with E-state index in [-0.39, 0.29) is 17.9 Å². The highest BCUT2D eigenvalue weighted by Gasteiger charge is 2.41. The molecule has 1 amide bonds. The summed E-state index contributed by atoms with van der Waals surface area (Å²) in [6, 6.07) is 0.386. The van der Waals surface area contributed by atoms with E-state index in [1.165, 1.54) is 19.3 Å². The van der Waals surface area contributed by atoms with Crippen molar-refractivity contribution in [3.8, 4) is 0 Å². The highest BCUT2D eigenvalue weighted by atomic mass is 16.3. The van der Waals surface area contributed by atoms with Crippen molar-refractivity contribution in [2.45, 2.75) is 71.3 Å². The molecule has 1 aliphatic heterocycles. The Morgan fingerprint density at radius 1 is 1.26 bits per heavy atom. The maximum atomic E-state index is 12.9. The third-order valence-electron chi connectivity index (χ3n) is 5.16. The van der Waals surface area contributed by atoms with E-state index < -0.39 is 0 Å². The summed E-state index contributed by atoms with van der Waals surface area (Å²) >= 11 is 0. The van der Waals surface area contributed by atoms with E-state index in [1.54, 1.807) is 0 Å². The number of amides is 1. The zero-order chi connectivity index (χ0) is 13.9. The lowest BCUT2D eigenvalue weighted by atomic mass is 9.68. The molecule has 19 heavy (non-hydrogen) atoms. The van der Waals surface area contributed by atoms with Crippen molar-refractivity contribution in [2.24, 2.45) is 11.3 Å². The molecule has 2 rings (SSSR count). The summed E-state index contributed by atoms with van der Waals surface area (Å²) in [5, 5.41) is 8.98. The number of rotatable bonds is 4. The van der Waals surface area contributed by atoms with Gasteiger partial charge in [-0.25, -0.2) is 0 Å². The summed E-state index contributed by atoms with van der Waals surface area (Å²) in [5.74, 6) is 0.612. The number of hydrogen-bond donors (Lipinski definition) is 1. The highest BCUT2D eigenvalue weighted by molar-refractivity contribution is 5.80. The van der Waals surface area contributed by atoms with Crippen LogP contribution >= 0.6 is 0 Å². The molecule has 1 heterocycles. The summed E-state index contributed by atoms with van der Waals surface area (Å²) in [6.45, 7) is 5.69. The quantitative estimate of drug-likeness (QED) is 0.850. The Balaban J connectivity index is 2.01. The van der Waals surface area contributed by atoms with Crippen molar-refractivity contribution in [1.82, 2.24) is 4.90 Å². The molecule has 1 aliphatic carbocycles. The molecule has 2 fully saturated rings. The number of hydrogen-bond acceptors (Lipinski definition) is 2. The molecule has 2 atom stereocenters. The average Bonchev–Trinajstić information content (AvgIpc) is 2.83. The summed E-state index contributed by atoms with van der Waals surface area (Å²) < 4.78 is 0. The van der Waals surface area contributed by atoms with Crippen molar-refractivity contribution in [1.29, 1.82) is 0 Å². The van der Waals surface area contributed by atoms with Crippen molar-refractivity contribution in [2.75, 3.05) is 13.2 Å². The summed E-state index contributed by atoms with van der Waals surface area (Å²) in [5.41, 5.74) is 0.166. The van der Waals surface area contributed by atoms with Crippen LogP contribution in [0.1, 0.15) is 65.2 Å². The first-order valence-corrected chi connectivity index (χ1v) is 7.97. The second-order valence-electron chi connectivity index (χ2n) is 6.98. The monoisotopic (exact) mass is 267 g/mol. The average molecular weight is 267 g/mol. The van der Waals surface area contributed by atoms with E-state index in [9.17, 15) is 4.79 Å². The first kappa shape index (κ1) is 14.8. The fourth-order valence-electron chi connectivity index (χ4n) is 3.90. The molecule has 1 saturated carbocycles. The van der Waals surface area contributed by atoms with Gasteiger partial charge in [-0.1, -0.05) is 26.7 Å². The van der Waals surface area contributed by atoms with Crippen LogP contribution in [0.25, 0.3) is 0 Å². The Morgan fingerprint density at radius 3 is 2.74 bits per heavy atom. The molecule has 0 aromatic heterocycles. The summed E-state index contributed by atoms with van der Waals surface area (Å²) in [7, 11) is 0. The number of likely N-dealkylation sites (tertiary alicyclic amines) is 1. The van der Waals surface area contributed by atoms with Gasteiger partial charge in [0.2, 0.25) is 5.91 Å². The molecule has 1 saturated heterocycles. The van der Waals surface area contributed by atoms with Gasteiger partial charge in [-0.2, -0.15) is 0 Å².